The molecule has 1 N–H and O–H groups in total. The number of aliphatic hydroxyl groups is 1. The lowest BCUT2D eigenvalue weighted by Gasteiger charge is -2.08. The SMILES string of the molecule is O[C@@H](CCl)c1ccc(Cl)cc1Cl. The highest BCUT2D eigenvalue weighted by atomic mass is 35.5. The monoisotopic (exact) mass is 224 g/mol. The van der Waals surface area contributed by atoms with Gasteiger partial charge in [-0.15, -0.1) is 11.6 Å². The van der Waals surface area contributed by atoms with Crippen LogP contribution in [0.15, 0.2) is 18.2 Å². The number of aliphatic hydroxyl groups excluding tert-OH is 1. The van der Waals surface area contributed by atoms with Crippen molar-refractivity contribution in [1.29, 1.82) is 0 Å². The highest BCUT2D eigenvalue weighted by molar-refractivity contribution is 6.35. The molecule has 4 heteroatoms. The first-order chi connectivity index (χ1) is 5.65. The quantitative estimate of drug-likeness (QED) is 0.766. The third kappa shape index (κ3) is 2.27. The fourth-order valence-electron chi connectivity index (χ4n) is 0.855. The summed E-state index contributed by atoms with van der Waals surface area (Å²) in [4.78, 5) is 0. The molecule has 66 valence electrons. The molecule has 0 aliphatic heterocycles. The Kier molecular flexibility index (Phi) is 3.66. The summed E-state index contributed by atoms with van der Waals surface area (Å²) in [6.45, 7) is 0. The van der Waals surface area contributed by atoms with Gasteiger partial charge < -0.3 is 5.11 Å². The van der Waals surface area contributed by atoms with Crippen molar-refractivity contribution in [1.82, 2.24) is 0 Å². The van der Waals surface area contributed by atoms with Crippen molar-refractivity contribution in [3.63, 3.8) is 0 Å². The number of rotatable bonds is 2. The Hall–Kier alpha value is 0.0500. The second kappa shape index (κ2) is 4.33. The van der Waals surface area contributed by atoms with Crippen LogP contribution in [0.5, 0.6) is 0 Å². The minimum atomic E-state index is -0.726. The molecular weight excluding hydrogens is 218 g/mol. The Morgan fingerprint density at radius 2 is 2.00 bits per heavy atom. The van der Waals surface area contributed by atoms with Crippen molar-refractivity contribution in [2.75, 3.05) is 5.88 Å². The van der Waals surface area contributed by atoms with Gasteiger partial charge in [0, 0.05) is 15.6 Å². The molecule has 0 heterocycles. The standard InChI is InChI=1S/C8H7Cl3O/c9-4-8(12)6-2-1-5(10)3-7(6)11/h1-3,8,12H,4H2/t8-/m0/s1. The Bertz CT molecular complexity index is 275. The molecule has 0 unspecified atom stereocenters. The van der Waals surface area contributed by atoms with Crippen molar-refractivity contribution < 1.29 is 5.11 Å². The second-order valence-electron chi connectivity index (χ2n) is 2.34. The second-order valence-corrected chi connectivity index (χ2v) is 3.49. The molecule has 1 rings (SSSR count). The minimum absolute atomic E-state index is 0.126. The lowest BCUT2D eigenvalue weighted by atomic mass is 10.1. The molecule has 12 heavy (non-hydrogen) atoms. The Labute approximate surface area is 85.9 Å². The number of halogens is 3. The van der Waals surface area contributed by atoms with E-state index in [1.807, 2.05) is 0 Å². The maximum Gasteiger partial charge on any atom is 0.0939 e. The summed E-state index contributed by atoms with van der Waals surface area (Å²) in [7, 11) is 0. The fraction of sp³-hybridized carbons (Fsp3) is 0.250. The highest BCUT2D eigenvalue weighted by Gasteiger charge is 2.09. The van der Waals surface area contributed by atoms with Crippen LogP contribution >= 0.6 is 34.8 Å². The maximum absolute atomic E-state index is 9.34. The van der Waals surface area contributed by atoms with Crippen molar-refractivity contribution in [3.05, 3.63) is 33.8 Å². The van der Waals surface area contributed by atoms with Crippen LogP contribution in [0.25, 0.3) is 0 Å². The van der Waals surface area contributed by atoms with Crippen LogP contribution in [-0.4, -0.2) is 11.0 Å². The van der Waals surface area contributed by atoms with E-state index in [2.05, 4.69) is 0 Å². The van der Waals surface area contributed by atoms with Gasteiger partial charge in [0.15, 0.2) is 0 Å². The molecule has 0 aromatic heterocycles. The van der Waals surface area contributed by atoms with Gasteiger partial charge >= 0.3 is 0 Å². The fourth-order valence-corrected chi connectivity index (χ4v) is 1.56. The van der Waals surface area contributed by atoms with Gasteiger partial charge in [-0.3, -0.25) is 0 Å². The molecule has 0 aliphatic rings. The molecule has 0 aliphatic carbocycles. The smallest absolute Gasteiger partial charge is 0.0939 e. The zero-order valence-corrected chi connectivity index (χ0v) is 8.37. The molecule has 0 spiro atoms. The van der Waals surface area contributed by atoms with E-state index in [0.717, 1.165) is 0 Å². The summed E-state index contributed by atoms with van der Waals surface area (Å²) in [6.07, 6.45) is -0.726. The van der Waals surface area contributed by atoms with E-state index in [1.165, 1.54) is 0 Å². The first kappa shape index (κ1) is 10.1. The van der Waals surface area contributed by atoms with Crippen LogP contribution in [0, 0.1) is 0 Å². The van der Waals surface area contributed by atoms with Crippen LogP contribution in [0.1, 0.15) is 11.7 Å². The van der Waals surface area contributed by atoms with Crippen LogP contribution in [0.2, 0.25) is 10.0 Å². The topological polar surface area (TPSA) is 20.2 Å². The summed E-state index contributed by atoms with van der Waals surface area (Å²) in [5.41, 5.74) is 0.607. The van der Waals surface area contributed by atoms with Gasteiger partial charge in [-0.05, 0) is 12.1 Å². The molecule has 1 nitrogen and oxygen atoms in total. The number of benzene rings is 1. The predicted octanol–water partition coefficient (Wildman–Crippen LogP) is 3.27. The largest absolute Gasteiger partial charge is 0.387 e. The summed E-state index contributed by atoms with van der Waals surface area (Å²) < 4.78 is 0. The minimum Gasteiger partial charge on any atom is -0.387 e. The third-order valence-corrected chi connectivity index (χ3v) is 2.32. The zero-order chi connectivity index (χ0) is 9.14. The molecule has 0 saturated carbocycles. The lowest BCUT2D eigenvalue weighted by Crippen LogP contribution is -1.98. The van der Waals surface area contributed by atoms with Gasteiger partial charge in [-0.1, -0.05) is 29.3 Å². The Morgan fingerprint density at radius 1 is 1.33 bits per heavy atom. The van der Waals surface area contributed by atoms with Crippen molar-refractivity contribution in [2.45, 2.75) is 6.10 Å². The number of hydrogen-bond donors (Lipinski definition) is 1. The van der Waals surface area contributed by atoms with Crippen molar-refractivity contribution >= 4 is 34.8 Å². The third-order valence-electron chi connectivity index (χ3n) is 1.47. The zero-order valence-electron chi connectivity index (χ0n) is 6.10. The molecule has 0 saturated heterocycles. The van der Waals surface area contributed by atoms with Gasteiger partial charge in [0.25, 0.3) is 0 Å². The normalized spacial score (nSPS) is 13.0. The van der Waals surface area contributed by atoms with E-state index in [0.29, 0.717) is 15.6 Å². The van der Waals surface area contributed by atoms with Crippen LogP contribution in [0.3, 0.4) is 0 Å². The summed E-state index contributed by atoms with van der Waals surface area (Å²) in [5, 5.41) is 10.3. The van der Waals surface area contributed by atoms with E-state index < -0.39 is 6.10 Å². The van der Waals surface area contributed by atoms with E-state index >= 15 is 0 Å². The Balaban J connectivity index is 3.01. The lowest BCUT2D eigenvalue weighted by molar-refractivity contribution is 0.203. The number of hydrogen-bond acceptors (Lipinski definition) is 1. The highest BCUT2D eigenvalue weighted by Crippen LogP contribution is 2.26. The van der Waals surface area contributed by atoms with Crippen molar-refractivity contribution in [3.8, 4) is 0 Å². The van der Waals surface area contributed by atoms with Gasteiger partial charge in [-0.25, -0.2) is 0 Å². The maximum atomic E-state index is 9.34. The van der Waals surface area contributed by atoms with Crippen LogP contribution in [-0.2, 0) is 0 Å². The van der Waals surface area contributed by atoms with Gasteiger partial charge in [0.2, 0.25) is 0 Å². The van der Waals surface area contributed by atoms with E-state index in [1.54, 1.807) is 18.2 Å². The van der Waals surface area contributed by atoms with Crippen LogP contribution < -0.4 is 0 Å². The van der Waals surface area contributed by atoms with Gasteiger partial charge in [0.1, 0.15) is 0 Å². The van der Waals surface area contributed by atoms with E-state index in [4.69, 9.17) is 34.8 Å². The number of alkyl halides is 1. The van der Waals surface area contributed by atoms with E-state index in [9.17, 15) is 5.11 Å². The molecule has 1 aromatic rings. The van der Waals surface area contributed by atoms with E-state index in [-0.39, 0.29) is 5.88 Å². The van der Waals surface area contributed by atoms with Crippen molar-refractivity contribution in [2.24, 2.45) is 0 Å². The average molecular weight is 226 g/mol. The predicted molar refractivity (Wildman–Crippen MR) is 52.1 cm³/mol. The average Bonchev–Trinajstić information content (AvgIpc) is 2.03. The van der Waals surface area contributed by atoms with Gasteiger partial charge in [0.05, 0.1) is 12.0 Å². The molecule has 1 aromatic carbocycles. The van der Waals surface area contributed by atoms with Gasteiger partial charge in [-0.2, -0.15) is 0 Å². The Morgan fingerprint density at radius 3 is 2.50 bits per heavy atom. The summed E-state index contributed by atoms with van der Waals surface area (Å²) in [6, 6.07) is 4.91. The summed E-state index contributed by atoms with van der Waals surface area (Å²) >= 11 is 16.9. The summed E-state index contributed by atoms with van der Waals surface area (Å²) in [5.74, 6) is 0.126. The first-order valence-corrected chi connectivity index (χ1v) is 4.63. The molecule has 0 fully saturated rings. The molecular formula is C8H7Cl3O. The molecule has 0 radical (unpaired) electrons. The molecule has 0 amide bonds. The molecule has 1 atom stereocenters. The van der Waals surface area contributed by atoms with Crippen LogP contribution in [0.4, 0.5) is 0 Å². The first-order valence-electron chi connectivity index (χ1n) is 3.34. The molecule has 0 bridgehead atoms.